The van der Waals surface area contributed by atoms with Crippen molar-refractivity contribution >= 4 is 5.91 Å². The molecule has 0 aliphatic carbocycles. The standard InChI is InChI=1S/C17H22N4O3/c1-20(11-13-3-2-6-18-10-13)17(23)16-9-15(24-19-16)12-21-7-4-14(22)5-8-21/h2-3,6,9-10,14,22H,4-5,7-8,11-12H2,1H3. The molecule has 7 heteroatoms. The first-order chi connectivity index (χ1) is 11.6. The van der Waals surface area contributed by atoms with Gasteiger partial charge in [-0.25, -0.2) is 0 Å². The van der Waals surface area contributed by atoms with Crippen molar-refractivity contribution in [1.82, 2.24) is 19.9 Å². The van der Waals surface area contributed by atoms with Crippen LogP contribution in [-0.2, 0) is 13.1 Å². The Bertz CT molecular complexity index is 665. The second kappa shape index (κ2) is 7.55. The van der Waals surface area contributed by atoms with Gasteiger partial charge < -0.3 is 14.5 Å². The van der Waals surface area contributed by atoms with Crippen molar-refractivity contribution in [3.05, 3.63) is 47.6 Å². The van der Waals surface area contributed by atoms with E-state index in [9.17, 15) is 9.90 Å². The minimum Gasteiger partial charge on any atom is -0.393 e. The normalized spacial score (nSPS) is 16.2. The summed E-state index contributed by atoms with van der Waals surface area (Å²) < 4.78 is 5.30. The van der Waals surface area contributed by atoms with E-state index in [0.29, 0.717) is 24.5 Å². The van der Waals surface area contributed by atoms with Crippen molar-refractivity contribution in [2.45, 2.75) is 32.0 Å². The Hall–Kier alpha value is -2.25. The van der Waals surface area contributed by atoms with Crippen LogP contribution in [0.3, 0.4) is 0 Å². The predicted molar refractivity (Wildman–Crippen MR) is 87.1 cm³/mol. The van der Waals surface area contributed by atoms with Crippen LogP contribution in [0.15, 0.2) is 35.1 Å². The summed E-state index contributed by atoms with van der Waals surface area (Å²) in [5.41, 5.74) is 1.28. The van der Waals surface area contributed by atoms with E-state index < -0.39 is 0 Å². The number of aromatic nitrogens is 2. The zero-order chi connectivity index (χ0) is 16.9. The maximum Gasteiger partial charge on any atom is 0.276 e. The van der Waals surface area contributed by atoms with E-state index in [1.165, 1.54) is 0 Å². The third-order valence-corrected chi connectivity index (χ3v) is 4.20. The van der Waals surface area contributed by atoms with Crippen LogP contribution >= 0.6 is 0 Å². The smallest absolute Gasteiger partial charge is 0.276 e. The Kier molecular flexibility index (Phi) is 5.22. The van der Waals surface area contributed by atoms with Gasteiger partial charge in [-0.3, -0.25) is 14.7 Å². The molecular formula is C17H22N4O3. The van der Waals surface area contributed by atoms with Gasteiger partial charge in [-0.1, -0.05) is 11.2 Å². The zero-order valence-corrected chi connectivity index (χ0v) is 13.8. The summed E-state index contributed by atoms with van der Waals surface area (Å²) in [5.74, 6) is 0.493. The lowest BCUT2D eigenvalue weighted by Crippen LogP contribution is -2.35. The molecule has 0 bridgehead atoms. The highest BCUT2D eigenvalue weighted by Crippen LogP contribution is 2.15. The van der Waals surface area contributed by atoms with Gasteiger partial charge in [0.15, 0.2) is 11.5 Å². The second-order valence-corrected chi connectivity index (χ2v) is 6.21. The Morgan fingerprint density at radius 3 is 2.96 bits per heavy atom. The van der Waals surface area contributed by atoms with Crippen molar-refractivity contribution in [1.29, 1.82) is 0 Å². The molecule has 1 N–H and O–H groups in total. The number of carbonyl (C=O) groups is 1. The molecule has 2 aromatic heterocycles. The number of aliphatic hydroxyl groups is 1. The summed E-state index contributed by atoms with van der Waals surface area (Å²) in [6.45, 7) is 2.73. The van der Waals surface area contributed by atoms with E-state index >= 15 is 0 Å². The minimum absolute atomic E-state index is 0.178. The van der Waals surface area contributed by atoms with Crippen molar-refractivity contribution in [3.63, 3.8) is 0 Å². The molecule has 0 atom stereocenters. The molecule has 1 aliphatic heterocycles. The van der Waals surface area contributed by atoms with E-state index in [4.69, 9.17) is 4.52 Å². The number of hydrogen-bond acceptors (Lipinski definition) is 6. The fourth-order valence-electron chi connectivity index (χ4n) is 2.82. The first-order valence-corrected chi connectivity index (χ1v) is 8.12. The van der Waals surface area contributed by atoms with Crippen molar-refractivity contribution < 1.29 is 14.4 Å². The molecule has 1 amide bonds. The molecule has 3 rings (SSSR count). The summed E-state index contributed by atoms with van der Waals surface area (Å²) in [6.07, 6.45) is 4.79. The summed E-state index contributed by atoms with van der Waals surface area (Å²) in [4.78, 5) is 20.3. The average Bonchev–Trinajstić information content (AvgIpc) is 3.05. The molecule has 3 heterocycles. The van der Waals surface area contributed by atoms with Crippen molar-refractivity contribution in [3.8, 4) is 0 Å². The van der Waals surface area contributed by atoms with E-state index in [1.54, 1.807) is 30.4 Å². The Morgan fingerprint density at radius 1 is 1.46 bits per heavy atom. The van der Waals surface area contributed by atoms with Gasteiger partial charge in [-0.2, -0.15) is 0 Å². The number of hydrogen-bond donors (Lipinski definition) is 1. The molecular weight excluding hydrogens is 308 g/mol. The van der Waals surface area contributed by atoms with Crippen LogP contribution < -0.4 is 0 Å². The summed E-state index contributed by atoms with van der Waals surface area (Å²) >= 11 is 0. The number of aliphatic hydroxyl groups excluding tert-OH is 1. The fourth-order valence-corrected chi connectivity index (χ4v) is 2.82. The highest BCUT2D eigenvalue weighted by molar-refractivity contribution is 5.92. The van der Waals surface area contributed by atoms with Gasteiger partial charge in [0.05, 0.1) is 12.6 Å². The fraction of sp³-hybridized carbons (Fsp3) is 0.471. The number of pyridine rings is 1. The van der Waals surface area contributed by atoms with E-state index in [1.807, 2.05) is 12.1 Å². The van der Waals surface area contributed by atoms with Gasteiger partial charge in [0.25, 0.3) is 5.91 Å². The number of likely N-dealkylation sites (tertiary alicyclic amines) is 1. The molecule has 0 aromatic carbocycles. The topological polar surface area (TPSA) is 82.7 Å². The number of nitrogens with zero attached hydrogens (tertiary/aromatic N) is 4. The lowest BCUT2D eigenvalue weighted by atomic mass is 10.1. The first-order valence-electron chi connectivity index (χ1n) is 8.12. The molecule has 0 saturated carbocycles. The summed E-state index contributed by atoms with van der Waals surface area (Å²) in [5, 5.41) is 13.4. The largest absolute Gasteiger partial charge is 0.393 e. The van der Waals surface area contributed by atoms with Crippen LogP contribution in [0.1, 0.15) is 34.7 Å². The molecule has 0 unspecified atom stereocenters. The average molecular weight is 330 g/mol. The van der Waals surface area contributed by atoms with E-state index in [-0.39, 0.29) is 12.0 Å². The molecule has 2 aromatic rings. The SMILES string of the molecule is CN(Cc1cccnc1)C(=O)c1cc(CN2CCC(O)CC2)on1. The molecule has 1 aliphatic rings. The van der Waals surface area contributed by atoms with E-state index in [2.05, 4.69) is 15.0 Å². The zero-order valence-electron chi connectivity index (χ0n) is 13.8. The number of piperidine rings is 1. The molecule has 1 fully saturated rings. The highest BCUT2D eigenvalue weighted by Gasteiger charge is 2.21. The maximum atomic E-state index is 12.4. The van der Waals surface area contributed by atoms with Gasteiger partial charge in [0, 0.05) is 45.1 Å². The molecule has 1 saturated heterocycles. The van der Waals surface area contributed by atoms with Gasteiger partial charge in [-0.15, -0.1) is 0 Å². The van der Waals surface area contributed by atoms with Crippen molar-refractivity contribution in [2.24, 2.45) is 0 Å². The van der Waals surface area contributed by atoms with Crippen LogP contribution in [0.4, 0.5) is 0 Å². The van der Waals surface area contributed by atoms with Crippen molar-refractivity contribution in [2.75, 3.05) is 20.1 Å². The number of amides is 1. The molecule has 24 heavy (non-hydrogen) atoms. The lowest BCUT2D eigenvalue weighted by molar-refractivity contribution is 0.0743. The highest BCUT2D eigenvalue weighted by atomic mass is 16.5. The van der Waals surface area contributed by atoms with Crippen LogP contribution in [0.25, 0.3) is 0 Å². The molecule has 128 valence electrons. The van der Waals surface area contributed by atoms with Crippen LogP contribution in [-0.4, -0.2) is 57.2 Å². The second-order valence-electron chi connectivity index (χ2n) is 6.21. The van der Waals surface area contributed by atoms with Crippen LogP contribution in [0, 0.1) is 0 Å². The molecule has 0 spiro atoms. The Labute approximate surface area is 140 Å². The van der Waals surface area contributed by atoms with Crippen LogP contribution in [0.5, 0.6) is 0 Å². The van der Waals surface area contributed by atoms with E-state index in [0.717, 1.165) is 31.5 Å². The van der Waals surface area contributed by atoms with Crippen LogP contribution in [0.2, 0.25) is 0 Å². The first kappa shape index (κ1) is 16.6. The predicted octanol–water partition coefficient (Wildman–Crippen LogP) is 1.30. The lowest BCUT2D eigenvalue weighted by Gasteiger charge is -2.28. The molecule has 0 radical (unpaired) electrons. The quantitative estimate of drug-likeness (QED) is 0.890. The monoisotopic (exact) mass is 330 g/mol. The van der Waals surface area contributed by atoms with Gasteiger partial charge in [-0.05, 0) is 24.5 Å². The summed E-state index contributed by atoms with van der Waals surface area (Å²) in [7, 11) is 1.73. The third kappa shape index (κ3) is 4.18. The summed E-state index contributed by atoms with van der Waals surface area (Å²) in [6, 6.07) is 5.47. The minimum atomic E-state index is -0.200. The van der Waals surface area contributed by atoms with Gasteiger partial charge in [0.1, 0.15) is 0 Å². The Morgan fingerprint density at radius 2 is 2.25 bits per heavy atom. The number of rotatable bonds is 5. The third-order valence-electron chi connectivity index (χ3n) is 4.20. The molecule has 7 nitrogen and oxygen atoms in total. The maximum absolute atomic E-state index is 12.4. The van der Waals surface area contributed by atoms with Gasteiger partial charge >= 0.3 is 0 Å². The Balaban J connectivity index is 1.57. The number of carbonyl (C=O) groups excluding carboxylic acids is 1. The van der Waals surface area contributed by atoms with Gasteiger partial charge in [0.2, 0.25) is 0 Å².